The Hall–Kier alpha value is -1.26. The minimum atomic E-state index is -0.742. The number of amides is 1. The van der Waals surface area contributed by atoms with E-state index < -0.39 is 5.54 Å². The predicted molar refractivity (Wildman–Crippen MR) is 69.2 cm³/mol. The number of nitrogens with two attached hydrogens (primary N) is 1. The van der Waals surface area contributed by atoms with Crippen molar-refractivity contribution in [1.29, 1.82) is 0 Å². The molecule has 2 rings (SSSR count). The van der Waals surface area contributed by atoms with Crippen molar-refractivity contribution in [3.05, 3.63) is 0 Å². The number of nitrogens with one attached hydrogen (secondary N) is 1. The van der Waals surface area contributed by atoms with Gasteiger partial charge in [-0.1, -0.05) is 18.5 Å². The lowest BCUT2D eigenvalue weighted by Crippen LogP contribution is -2.56. The zero-order valence-electron chi connectivity index (χ0n) is 11.1. The van der Waals surface area contributed by atoms with E-state index in [9.17, 15) is 4.79 Å². The number of fused-ring (bicyclic) bond motifs is 2. The molecule has 4 N–H and O–H groups in total. The molecular weight excluding hydrogens is 230 g/mol. The molecule has 2 fully saturated rings. The quantitative estimate of drug-likeness (QED) is 0.307. The number of rotatable bonds is 4. The summed E-state index contributed by atoms with van der Waals surface area (Å²) < 4.78 is 0. The Balaban J connectivity index is 2.02. The first-order valence-electron chi connectivity index (χ1n) is 6.80. The number of nitrogens with zero attached hydrogens (tertiary/aromatic N) is 1. The first-order valence-corrected chi connectivity index (χ1v) is 6.80. The lowest BCUT2D eigenvalue weighted by molar-refractivity contribution is -0.127. The minimum absolute atomic E-state index is 0.0677. The second-order valence-electron chi connectivity index (χ2n) is 5.94. The van der Waals surface area contributed by atoms with Gasteiger partial charge in [0, 0.05) is 5.92 Å². The van der Waals surface area contributed by atoms with Gasteiger partial charge in [-0.15, -0.1) is 0 Å². The van der Waals surface area contributed by atoms with Crippen molar-refractivity contribution in [2.24, 2.45) is 28.6 Å². The van der Waals surface area contributed by atoms with Crippen molar-refractivity contribution in [3.8, 4) is 0 Å². The molecule has 2 bridgehead atoms. The van der Waals surface area contributed by atoms with Gasteiger partial charge in [0.1, 0.15) is 0 Å². The molecule has 0 saturated heterocycles. The zero-order valence-corrected chi connectivity index (χ0v) is 11.1. The van der Waals surface area contributed by atoms with E-state index in [-0.39, 0.29) is 17.7 Å². The second kappa shape index (κ2) is 4.78. The Bertz CT molecular complexity index is 369. The highest BCUT2D eigenvalue weighted by molar-refractivity contribution is 5.94. The van der Waals surface area contributed by atoms with Crippen molar-refractivity contribution in [3.63, 3.8) is 0 Å². The third kappa shape index (κ3) is 2.18. The molecule has 2 aliphatic carbocycles. The predicted octanol–water partition coefficient (Wildman–Crippen LogP) is 1.45. The zero-order chi connectivity index (χ0) is 13.3. The van der Waals surface area contributed by atoms with Crippen LogP contribution in [0.5, 0.6) is 0 Å². The lowest BCUT2D eigenvalue weighted by Gasteiger charge is -2.31. The summed E-state index contributed by atoms with van der Waals surface area (Å²) in [7, 11) is 0. The van der Waals surface area contributed by atoms with Crippen LogP contribution in [0, 0.1) is 17.8 Å². The molecular formula is C13H23N3O2. The van der Waals surface area contributed by atoms with Crippen LogP contribution >= 0.6 is 0 Å². The summed E-state index contributed by atoms with van der Waals surface area (Å²) in [4.78, 5) is 12.3. The van der Waals surface area contributed by atoms with Gasteiger partial charge in [0.05, 0.1) is 5.54 Å². The fourth-order valence-electron chi connectivity index (χ4n) is 3.37. The lowest BCUT2D eigenvalue weighted by atomic mass is 9.86. The maximum atomic E-state index is 12.3. The maximum Gasteiger partial charge on any atom is 0.224 e. The molecule has 0 heterocycles. The fraction of sp³-hybridized carbons (Fsp3) is 0.846. The van der Waals surface area contributed by atoms with Crippen LogP contribution < -0.4 is 11.1 Å². The smallest absolute Gasteiger partial charge is 0.224 e. The molecule has 18 heavy (non-hydrogen) atoms. The van der Waals surface area contributed by atoms with Crippen LogP contribution in [0.1, 0.15) is 46.0 Å². The summed E-state index contributed by atoms with van der Waals surface area (Å²) in [6.07, 6.45) is 5.27. The van der Waals surface area contributed by atoms with Crippen molar-refractivity contribution in [2.45, 2.75) is 51.5 Å². The third-order valence-corrected chi connectivity index (χ3v) is 4.85. The van der Waals surface area contributed by atoms with E-state index in [1.807, 2.05) is 6.92 Å². The van der Waals surface area contributed by atoms with E-state index in [2.05, 4.69) is 10.5 Å². The van der Waals surface area contributed by atoms with Crippen molar-refractivity contribution < 1.29 is 10.0 Å². The van der Waals surface area contributed by atoms with Gasteiger partial charge in [-0.3, -0.25) is 4.79 Å². The average Bonchev–Trinajstić information content (AvgIpc) is 2.99. The van der Waals surface area contributed by atoms with E-state index >= 15 is 0 Å². The molecule has 1 amide bonds. The summed E-state index contributed by atoms with van der Waals surface area (Å²) in [5.74, 6) is 1.55. The number of oxime groups is 1. The topological polar surface area (TPSA) is 87.7 Å². The van der Waals surface area contributed by atoms with Crippen LogP contribution in [0.15, 0.2) is 5.16 Å². The highest BCUT2D eigenvalue weighted by Gasteiger charge is 2.44. The summed E-state index contributed by atoms with van der Waals surface area (Å²) in [5, 5.41) is 14.8. The highest BCUT2D eigenvalue weighted by atomic mass is 16.4. The van der Waals surface area contributed by atoms with Crippen molar-refractivity contribution in [2.75, 3.05) is 0 Å². The monoisotopic (exact) mass is 253 g/mol. The van der Waals surface area contributed by atoms with Crippen molar-refractivity contribution in [1.82, 2.24) is 5.32 Å². The molecule has 0 radical (unpaired) electrons. The van der Waals surface area contributed by atoms with Gasteiger partial charge >= 0.3 is 0 Å². The number of carbonyl (C=O) groups excluding carboxylic acids is 1. The van der Waals surface area contributed by atoms with Gasteiger partial charge in [0.15, 0.2) is 5.84 Å². The normalized spacial score (nSPS) is 34.3. The van der Waals surface area contributed by atoms with E-state index in [4.69, 9.17) is 10.9 Å². The summed E-state index contributed by atoms with van der Waals surface area (Å²) in [6.45, 7) is 3.71. The summed E-state index contributed by atoms with van der Waals surface area (Å²) in [5.41, 5.74) is 4.93. The van der Waals surface area contributed by atoms with Crippen LogP contribution in [-0.4, -0.2) is 22.5 Å². The molecule has 4 atom stereocenters. The molecule has 0 spiro atoms. The Labute approximate surface area is 108 Å². The summed E-state index contributed by atoms with van der Waals surface area (Å²) >= 11 is 0. The molecule has 2 aliphatic rings. The maximum absolute atomic E-state index is 12.3. The van der Waals surface area contributed by atoms with Crippen LogP contribution in [0.3, 0.4) is 0 Å². The Morgan fingerprint density at radius 1 is 1.50 bits per heavy atom. The molecule has 0 aromatic rings. The number of hydrogen-bond acceptors (Lipinski definition) is 3. The van der Waals surface area contributed by atoms with E-state index in [0.29, 0.717) is 12.3 Å². The molecule has 0 aromatic heterocycles. The van der Waals surface area contributed by atoms with Crippen molar-refractivity contribution >= 4 is 11.7 Å². The molecule has 2 saturated carbocycles. The van der Waals surface area contributed by atoms with Gasteiger partial charge in [-0.2, -0.15) is 0 Å². The summed E-state index contributed by atoms with van der Waals surface area (Å²) in [6, 6.07) is 0. The first kappa shape index (κ1) is 13.2. The van der Waals surface area contributed by atoms with Crippen LogP contribution in [0.25, 0.3) is 0 Å². The standard InChI is InChI=1S/C13H23N3O2/c1-3-13(2,12(14)16-18)15-11(17)10-7-8-4-5-9(10)6-8/h8-10,18H,3-7H2,1-2H3,(H2,14,16)(H,15,17). The Morgan fingerprint density at radius 2 is 2.22 bits per heavy atom. The number of carbonyl (C=O) groups is 1. The molecule has 102 valence electrons. The molecule has 4 unspecified atom stereocenters. The van der Waals surface area contributed by atoms with Gasteiger partial charge in [-0.25, -0.2) is 0 Å². The SMILES string of the molecule is CCC(C)(NC(=O)C1CC2CCC1C2)/C(N)=N/O. The third-order valence-electron chi connectivity index (χ3n) is 4.85. The number of amidine groups is 1. The van der Waals surface area contributed by atoms with Gasteiger partial charge in [0.25, 0.3) is 0 Å². The van der Waals surface area contributed by atoms with E-state index in [1.165, 1.54) is 19.3 Å². The van der Waals surface area contributed by atoms with Gasteiger partial charge in [-0.05, 0) is 44.4 Å². The number of hydrogen-bond donors (Lipinski definition) is 3. The van der Waals surface area contributed by atoms with Crippen LogP contribution in [0.4, 0.5) is 0 Å². The molecule has 0 aromatic carbocycles. The molecule has 5 heteroatoms. The Morgan fingerprint density at radius 3 is 2.67 bits per heavy atom. The molecule has 5 nitrogen and oxygen atoms in total. The van der Waals surface area contributed by atoms with Crippen LogP contribution in [0.2, 0.25) is 0 Å². The highest BCUT2D eigenvalue weighted by Crippen LogP contribution is 2.48. The molecule has 0 aliphatic heterocycles. The minimum Gasteiger partial charge on any atom is -0.409 e. The van der Waals surface area contributed by atoms with E-state index in [1.54, 1.807) is 6.92 Å². The average molecular weight is 253 g/mol. The fourth-order valence-corrected chi connectivity index (χ4v) is 3.37. The van der Waals surface area contributed by atoms with E-state index in [0.717, 1.165) is 12.3 Å². The Kier molecular flexibility index (Phi) is 3.50. The van der Waals surface area contributed by atoms with Crippen LogP contribution in [-0.2, 0) is 4.79 Å². The second-order valence-corrected chi connectivity index (χ2v) is 5.94. The van der Waals surface area contributed by atoms with Gasteiger partial charge < -0.3 is 16.3 Å². The first-order chi connectivity index (χ1) is 8.50. The van der Waals surface area contributed by atoms with Gasteiger partial charge in [0.2, 0.25) is 5.91 Å². The largest absolute Gasteiger partial charge is 0.409 e.